The van der Waals surface area contributed by atoms with Crippen LogP contribution in [0, 0.1) is 0 Å². The van der Waals surface area contributed by atoms with Crippen molar-refractivity contribution in [1.29, 1.82) is 0 Å². The molecule has 0 aliphatic heterocycles. The van der Waals surface area contributed by atoms with Gasteiger partial charge in [0.25, 0.3) is 0 Å². The third kappa shape index (κ3) is 85.3. The second-order valence-electron chi connectivity index (χ2n) is 0.514. The van der Waals surface area contributed by atoms with Crippen LogP contribution in [0.1, 0.15) is 13.8 Å². The van der Waals surface area contributed by atoms with Gasteiger partial charge in [-0.25, -0.2) is 0 Å². The van der Waals surface area contributed by atoms with E-state index in [1.165, 1.54) is 0 Å². The minimum absolute atomic E-state index is 0. The summed E-state index contributed by atoms with van der Waals surface area (Å²) in [7, 11) is 0. The maximum absolute atomic E-state index is 7.57. The van der Waals surface area contributed by atoms with Crippen LogP contribution in [-0.4, -0.2) is 50.5 Å². The van der Waals surface area contributed by atoms with Crippen molar-refractivity contribution in [3.05, 3.63) is 0 Å². The molecule has 0 aliphatic carbocycles. The van der Waals surface area contributed by atoms with Gasteiger partial charge in [0.05, 0.1) is 0 Å². The minimum Gasteiger partial charge on any atom is -1.00 e. The molecule has 0 aliphatic rings. The fourth-order valence-electron chi connectivity index (χ4n) is 0. The molecular weight excluding hydrogens is 229 g/mol. The zero-order chi connectivity index (χ0) is 6.28. The Hall–Kier alpha value is 1.48. The summed E-state index contributed by atoms with van der Waals surface area (Å²) in [6, 6.07) is 0. The van der Waals surface area contributed by atoms with E-state index in [4.69, 9.17) is 15.5 Å². The first kappa shape index (κ1) is 39.2. The van der Waals surface area contributed by atoms with Gasteiger partial charge >= 0.3 is 23.1 Å². The van der Waals surface area contributed by atoms with Crippen LogP contribution < -0.4 is 24.8 Å². The molecule has 0 unspecified atom stereocenters. The predicted octanol–water partition coefficient (Wildman–Crippen LogP) is -5.91. The molecule has 0 saturated heterocycles. The molecule has 0 amide bonds. The summed E-state index contributed by atoms with van der Waals surface area (Å²) >= 11 is 0. The van der Waals surface area contributed by atoms with Crippen molar-refractivity contribution in [2.45, 2.75) is 13.8 Å². The second kappa shape index (κ2) is 42.0. The minimum atomic E-state index is -0.750. The van der Waals surface area contributed by atoms with E-state index >= 15 is 0 Å². The monoisotopic (exact) mass is 239 g/mol. The van der Waals surface area contributed by atoms with Gasteiger partial charge in [-0.1, -0.05) is 13.8 Å². The summed E-state index contributed by atoms with van der Waals surface area (Å²) in [5.41, 5.74) is 0. The van der Waals surface area contributed by atoms with Crippen LogP contribution in [0.5, 0.6) is 0 Å². The number of aliphatic hydroxyl groups excluding tert-OH is 1. The van der Waals surface area contributed by atoms with Crippen LogP contribution in [0.15, 0.2) is 0 Å². The van der Waals surface area contributed by atoms with E-state index in [1.807, 2.05) is 13.8 Å². The van der Waals surface area contributed by atoms with Gasteiger partial charge in [-0.3, -0.25) is 10.4 Å². The SMILES string of the molecule is CC.Cl.OCN(O)O.[Cl-].[Cl-].[Mg+2]. The molecule has 3 N–H and O–H groups in total. The first-order chi connectivity index (χ1) is 3.27. The van der Waals surface area contributed by atoms with Gasteiger partial charge in [-0.2, -0.15) is 0 Å². The van der Waals surface area contributed by atoms with Crippen LogP contribution >= 0.6 is 12.4 Å². The summed E-state index contributed by atoms with van der Waals surface area (Å²) in [4.78, 5) is 0. The van der Waals surface area contributed by atoms with E-state index in [0.717, 1.165) is 0 Å². The summed E-state index contributed by atoms with van der Waals surface area (Å²) < 4.78 is 0. The van der Waals surface area contributed by atoms with Crippen LogP contribution in [0.3, 0.4) is 0 Å². The van der Waals surface area contributed by atoms with Gasteiger partial charge in [0.15, 0.2) is 0 Å². The maximum atomic E-state index is 7.57. The first-order valence-electron chi connectivity index (χ1n) is 2.03. The molecule has 0 aromatic carbocycles. The number of hydrogen-bond donors (Lipinski definition) is 3. The van der Waals surface area contributed by atoms with E-state index in [9.17, 15) is 0 Å². The fourth-order valence-corrected chi connectivity index (χ4v) is 0. The van der Waals surface area contributed by atoms with E-state index in [-0.39, 0.29) is 65.5 Å². The Kier molecular flexibility index (Phi) is 150. The van der Waals surface area contributed by atoms with Crippen LogP contribution in [0.25, 0.3) is 0 Å². The molecule has 11 heavy (non-hydrogen) atoms. The molecule has 0 atom stereocenters. The molecule has 70 valence electrons. The summed E-state index contributed by atoms with van der Waals surface area (Å²) in [5.74, 6) is 0. The molecule has 0 bridgehead atoms. The average molecular weight is 241 g/mol. The quantitative estimate of drug-likeness (QED) is 0.243. The molecule has 0 heterocycles. The van der Waals surface area contributed by atoms with Crippen molar-refractivity contribution < 1.29 is 40.3 Å². The Morgan fingerprint density at radius 2 is 1.18 bits per heavy atom. The van der Waals surface area contributed by atoms with Gasteiger partial charge in [0, 0.05) is 0 Å². The molecule has 0 saturated carbocycles. The third-order valence-corrected chi connectivity index (χ3v) is 0.126. The first-order valence-corrected chi connectivity index (χ1v) is 2.03. The maximum Gasteiger partial charge on any atom is 2.00 e. The summed E-state index contributed by atoms with van der Waals surface area (Å²) in [6.45, 7) is 3.25. The number of rotatable bonds is 1. The fraction of sp³-hybridized carbons (Fsp3) is 1.00. The molecule has 0 spiro atoms. The van der Waals surface area contributed by atoms with Gasteiger partial charge in [0.2, 0.25) is 0 Å². The van der Waals surface area contributed by atoms with E-state index in [1.54, 1.807) is 0 Å². The largest absolute Gasteiger partial charge is 2.00 e. The van der Waals surface area contributed by atoms with Crippen LogP contribution in [-0.2, 0) is 0 Å². The Labute approximate surface area is 101 Å². The normalized spacial score (nSPS) is 4.91. The van der Waals surface area contributed by atoms with E-state index in [2.05, 4.69) is 0 Å². The number of nitrogens with zero attached hydrogens (tertiary/aromatic N) is 1. The number of halogens is 3. The molecule has 8 heteroatoms. The molecule has 0 aromatic rings. The predicted molar refractivity (Wildman–Crippen MR) is 36.8 cm³/mol. The molecule has 0 fully saturated rings. The smallest absolute Gasteiger partial charge is 1.00 e. The van der Waals surface area contributed by atoms with Crippen molar-refractivity contribution in [2.24, 2.45) is 0 Å². The van der Waals surface area contributed by atoms with Gasteiger partial charge < -0.3 is 29.9 Å². The third-order valence-electron chi connectivity index (χ3n) is 0.126. The second-order valence-corrected chi connectivity index (χ2v) is 0.514. The van der Waals surface area contributed by atoms with Crippen molar-refractivity contribution in [1.82, 2.24) is 5.23 Å². The topological polar surface area (TPSA) is 63.9 Å². The zero-order valence-corrected chi connectivity index (χ0v) is 10.1. The Balaban J connectivity index is -0.00000000972. The van der Waals surface area contributed by atoms with Crippen molar-refractivity contribution in [3.8, 4) is 0 Å². The molecule has 4 nitrogen and oxygen atoms in total. The van der Waals surface area contributed by atoms with Gasteiger partial charge in [-0.05, 0) is 5.23 Å². The number of hydroxylamine groups is 2. The number of hydrogen-bond acceptors (Lipinski definition) is 4. The molecular formula is C3H12Cl3MgNO3. The summed E-state index contributed by atoms with van der Waals surface area (Å²) in [5, 5.41) is 22.2. The Bertz CT molecular complexity index is 37.8. The standard InChI is InChI=1S/C2H6.CH5NO3.3ClH.Mg/c1-2;3-1-2(4)5;;;;/h1-2H3;3-5H,1H2;3*1H;/q;;;;;+2/p-2. The van der Waals surface area contributed by atoms with Gasteiger partial charge in [0.1, 0.15) is 6.73 Å². The summed E-state index contributed by atoms with van der Waals surface area (Å²) in [6.07, 6.45) is 0. The van der Waals surface area contributed by atoms with Crippen LogP contribution in [0.4, 0.5) is 0 Å². The molecule has 0 aromatic heterocycles. The molecule has 0 radical (unpaired) electrons. The van der Waals surface area contributed by atoms with Crippen molar-refractivity contribution >= 4 is 35.5 Å². The zero-order valence-electron chi connectivity index (χ0n) is 6.37. The average Bonchev–Trinajstić information content (AvgIpc) is 1.73. The van der Waals surface area contributed by atoms with E-state index < -0.39 is 6.73 Å². The van der Waals surface area contributed by atoms with Crippen molar-refractivity contribution in [2.75, 3.05) is 6.73 Å². The van der Waals surface area contributed by atoms with E-state index in [0.29, 0.717) is 0 Å². The van der Waals surface area contributed by atoms with Crippen molar-refractivity contribution in [3.63, 3.8) is 0 Å². The molecule has 0 rings (SSSR count). The van der Waals surface area contributed by atoms with Crippen LogP contribution in [0.2, 0.25) is 0 Å². The van der Waals surface area contributed by atoms with Gasteiger partial charge in [-0.15, -0.1) is 12.4 Å². The number of aliphatic hydroxyl groups is 1. The Morgan fingerprint density at radius 3 is 1.18 bits per heavy atom. The Morgan fingerprint density at radius 1 is 1.09 bits per heavy atom.